The zero-order valence-corrected chi connectivity index (χ0v) is 14.3. The Morgan fingerprint density at radius 1 is 1.33 bits per heavy atom. The summed E-state index contributed by atoms with van der Waals surface area (Å²) in [6, 6.07) is 8.84. The lowest BCUT2D eigenvalue weighted by molar-refractivity contribution is 0.535. The van der Waals surface area contributed by atoms with Gasteiger partial charge < -0.3 is 5.32 Å². The molecule has 114 valence electrons. The molecule has 0 radical (unpaired) electrons. The average Bonchev–Trinajstić information content (AvgIpc) is 2.81. The molecule has 1 N–H and O–H groups in total. The first-order chi connectivity index (χ1) is 10.1. The average molecular weight is 324 g/mol. The minimum absolute atomic E-state index is 0.205. The summed E-state index contributed by atoms with van der Waals surface area (Å²) in [4.78, 5) is 1.28. The zero-order chi connectivity index (χ0) is 15.2. The molecular weight excluding hydrogens is 302 g/mol. The molecule has 21 heavy (non-hydrogen) atoms. The molecule has 0 saturated carbocycles. The lowest BCUT2D eigenvalue weighted by atomic mass is 10.2. The van der Waals surface area contributed by atoms with Gasteiger partial charge in [0.2, 0.25) is 0 Å². The van der Waals surface area contributed by atoms with Gasteiger partial charge in [0.05, 0.1) is 23.0 Å². The van der Waals surface area contributed by atoms with Crippen LogP contribution < -0.4 is 5.32 Å². The summed E-state index contributed by atoms with van der Waals surface area (Å²) in [7, 11) is 1.94. The normalized spacial score (nSPS) is 12.6. The van der Waals surface area contributed by atoms with Gasteiger partial charge in [0.15, 0.2) is 0 Å². The largest absolute Gasteiger partial charge is 0.308 e. The Morgan fingerprint density at radius 2 is 2.05 bits per heavy atom. The summed E-state index contributed by atoms with van der Waals surface area (Å²) in [6.45, 7) is 5.25. The van der Waals surface area contributed by atoms with Crippen LogP contribution in [0.3, 0.4) is 0 Å². The molecule has 0 spiro atoms. The van der Waals surface area contributed by atoms with Gasteiger partial charge in [-0.2, -0.15) is 5.10 Å². The van der Waals surface area contributed by atoms with Crippen LogP contribution in [-0.2, 0) is 7.05 Å². The summed E-state index contributed by atoms with van der Waals surface area (Å²) < 4.78 is 1.87. The van der Waals surface area contributed by atoms with Crippen molar-refractivity contribution in [1.82, 2.24) is 15.1 Å². The highest BCUT2D eigenvalue weighted by Gasteiger charge is 2.18. The molecule has 0 aliphatic carbocycles. The highest BCUT2D eigenvalue weighted by Crippen LogP contribution is 2.28. The van der Waals surface area contributed by atoms with Crippen LogP contribution in [0.1, 0.15) is 30.6 Å². The van der Waals surface area contributed by atoms with E-state index in [0.29, 0.717) is 0 Å². The number of thioether (sulfide) groups is 1. The van der Waals surface area contributed by atoms with Crippen LogP contribution in [0.25, 0.3) is 0 Å². The van der Waals surface area contributed by atoms with Crippen molar-refractivity contribution in [2.24, 2.45) is 7.05 Å². The number of aromatic nitrogens is 2. The van der Waals surface area contributed by atoms with Crippen molar-refractivity contribution in [3.63, 3.8) is 0 Å². The third-order valence-electron chi connectivity index (χ3n) is 3.35. The van der Waals surface area contributed by atoms with Gasteiger partial charge in [0.1, 0.15) is 0 Å². The predicted molar refractivity (Wildman–Crippen MR) is 91.2 cm³/mol. The van der Waals surface area contributed by atoms with Crippen LogP contribution in [0.2, 0.25) is 5.02 Å². The van der Waals surface area contributed by atoms with Crippen LogP contribution in [0, 0.1) is 6.92 Å². The third kappa shape index (κ3) is 4.50. The van der Waals surface area contributed by atoms with Gasteiger partial charge in [0, 0.05) is 17.7 Å². The number of hydrogen-bond donors (Lipinski definition) is 1. The van der Waals surface area contributed by atoms with E-state index >= 15 is 0 Å². The lowest BCUT2D eigenvalue weighted by Crippen LogP contribution is -2.26. The van der Waals surface area contributed by atoms with Crippen LogP contribution in [0.5, 0.6) is 0 Å². The summed E-state index contributed by atoms with van der Waals surface area (Å²) >= 11 is 8.13. The molecule has 1 atom stereocenters. The Bertz CT molecular complexity index is 546. The van der Waals surface area contributed by atoms with Gasteiger partial charge in [0.25, 0.3) is 0 Å². The second-order valence-corrected chi connectivity index (χ2v) is 6.63. The van der Waals surface area contributed by atoms with Gasteiger partial charge in [-0.05, 0) is 32.0 Å². The van der Waals surface area contributed by atoms with E-state index < -0.39 is 0 Å². The van der Waals surface area contributed by atoms with Crippen molar-refractivity contribution in [3.05, 3.63) is 46.7 Å². The Kier molecular flexibility index (Phi) is 6.15. The number of nitrogens with zero attached hydrogens (tertiary/aromatic N) is 2. The van der Waals surface area contributed by atoms with Crippen molar-refractivity contribution in [2.75, 3.05) is 12.3 Å². The smallest absolute Gasteiger partial charge is 0.0834 e. The van der Waals surface area contributed by atoms with Gasteiger partial charge in [-0.3, -0.25) is 4.68 Å². The number of nitrogens with one attached hydrogen (secondary N) is 1. The molecule has 2 aromatic rings. The minimum Gasteiger partial charge on any atom is -0.308 e. The van der Waals surface area contributed by atoms with E-state index in [2.05, 4.69) is 48.5 Å². The molecular formula is C16H22ClN3S. The van der Waals surface area contributed by atoms with Crippen molar-refractivity contribution in [1.29, 1.82) is 0 Å². The summed E-state index contributed by atoms with van der Waals surface area (Å²) in [5.74, 6) is 0.933. The van der Waals surface area contributed by atoms with Crippen molar-refractivity contribution < 1.29 is 0 Å². The van der Waals surface area contributed by atoms with E-state index in [4.69, 9.17) is 11.6 Å². The lowest BCUT2D eigenvalue weighted by Gasteiger charge is -2.19. The molecule has 1 unspecified atom stereocenters. The third-order valence-corrected chi connectivity index (χ3v) is 4.74. The maximum absolute atomic E-state index is 6.29. The molecule has 1 aromatic carbocycles. The van der Waals surface area contributed by atoms with Gasteiger partial charge in [-0.25, -0.2) is 0 Å². The van der Waals surface area contributed by atoms with Crippen LogP contribution in [-0.4, -0.2) is 22.1 Å². The second-order valence-electron chi connectivity index (χ2n) is 5.13. The highest BCUT2D eigenvalue weighted by atomic mass is 35.5. The standard InChI is InChI=1S/C16H22ClN3S/c1-4-9-18-15(16-14(17)10-19-20(16)3)11-21-13-7-5-12(2)6-8-13/h5-8,10,15,18H,4,9,11H2,1-3H3. The van der Waals surface area contributed by atoms with Gasteiger partial charge in [-0.1, -0.05) is 36.2 Å². The van der Waals surface area contributed by atoms with E-state index in [1.807, 2.05) is 23.5 Å². The topological polar surface area (TPSA) is 29.9 Å². The monoisotopic (exact) mass is 323 g/mol. The number of aryl methyl sites for hydroxylation is 2. The highest BCUT2D eigenvalue weighted by molar-refractivity contribution is 7.99. The summed E-state index contributed by atoms with van der Waals surface area (Å²) in [5.41, 5.74) is 2.35. The summed E-state index contributed by atoms with van der Waals surface area (Å²) in [5, 5.41) is 8.55. The number of hydrogen-bond acceptors (Lipinski definition) is 3. The SMILES string of the molecule is CCCNC(CSc1ccc(C)cc1)c1c(Cl)cnn1C. The molecule has 0 bridgehead atoms. The molecule has 3 nitrogen and oxygen atoms in total. The minimum atomic E-state index is 0.205. The first kappa shape index (κ1) is 16.4. The van der Waals surface area contributed by atoms with Crippen molar-refractivity contribution in [3.8, 4) is 0 Å². The summed E-state index contributed by atoms with van der Waals surface area (Å²) in [6.07, 6.45) is 2.81. The number of rotatable bonds is 7. The van der Waals surface area contributed by atoms with Gasteiger partial charge in [-0.15, -0.1) is 11.8 Å². The maximum Gasteiger partial charge on any atom is 0.0834 e. The second kappa shape index (κ2) is 7.87. The van der Waals surface area contributed by atoms with Gasteiger partial charge >= 0.3 is 0 Å². The molecule has 0 aliphatic rings. The zero-order valence-electron chi connectivity index (χ0n) is 12.8. The molecule has 1 heterocycles. The van der Waals surface area contributed by atoms with Crippen molar-refractivity contribution in [2.45, 2.75) is 31.2 Å². The quantitative estimate of drug-likeness (QED) is 0.774. The van der Waals surface area contributed by atoms with E-state index in [9.17, 15) is 0 Å². The fraction of sp³-hybridized carbons (Fsp3) is 0.438. The van der Waals surface area contributed by atoms with E-state index in [1.165, 1.54) is 10.5 Å². The maximum atomic E-state index is 6.29. The molecule has 1 aromatic heterocycles. The molecule has 0 amide bonds. The molecule has 0 fully saturated rings. The molecule has 0 saturated heterocycles. The molecule has 2 rings (SSSR count). The fourth-order valence-corrected chi connectivity index (χ4v) is 3.44. The van der Waals surface area contributed by atoms with E-state index in [-0.39, 0.29) is 6.04 Å². The Labute approximate surface area is 136 Å². The first-order valence-electron chi connectivity index (χ1n) is 7.22. The van der Waals surface area contributed by atoms with E-state index in [0.717, 1.165) is 29.4 Å². The van der Waals surface area contributed by atoms with Crippen LogP contribution >= 0.6 is 23.4 Å². The van der Waals surface area contributed by atoms with E-state index in [1.54, 1.807) is 6.20 Å². The first-order valence-corrected chi connectivity index (χ1v) is 8.58. The Morgan fingerprint density at radius 3 is 2.62 bits per heavy atom. The number of benzene rings is 1. The predicted octanol–water partition coefficient (Wildman–Crippen LogP) is 4.21. The van der Waals surface area contributed by atoms with Crippen LogP contribution in [0.15, 0.2) is 35.4 Å². The Balaban J connectivity index is 2.08. The molecule has 0 aliphatic heterocycles. The Hall–Kier alpha value is -0.970. The van der Waals surface area contributed by atoms with Crippen LogP contribution in [0.4, 0.5) is 0 Å². The van der Waals surface area contributed by atoms with Crippen molar-refractivity contribution >= 4 is 23.4 Å². The fourth-order valence-electron chi connectivity index (χ4n) is 2.18. The number of halogens is 1. The molecule has 5 heteroatoms.